The normalized spacial score (nSPS) is 11.6. The van der Waals surface area contributed by atoms with Crippen molar-refractivity contribution in [3.05, 3.63) is 121 Å². The molecule has 0 unspecified atom stereocenters. The summed E-state index contributed by atoms with van der Waals surface area (Å²) in [6.45, 7) is 1.87. The number of hydrogen-bond donors (Lipinski definition) is 0. The molecule has 0 aliphatic heterocycles. The van der Waals surface area contributed by atoms with Crippen LogP contribution in [-0.4, -0.2) is 27.3 Å². The second-order valence-corrected chi connectivity index (χ2v) is 10.7. The SMILES string of the molecule is Cc1ccc(S(=O)(=O)n2ccc3cc(-c4nc(-c5ccccc5)nc(-c5ccccc5)n4)cc(F)c32)cc1. The van der Waals surface area contributed by atoms with Crippen LogP contribution in [0.1, 0.15) is 5.56 Å². The molecule has 8 heteroatoms. The van der Waals surface area contributed by atoms with Crippen LogP contribution in [0, 0.1) is 12.7 Å². The van der Waals surface area contributed by atoms with Gasteiger partial charge < -0.3 is 0 Å². The molecule has 186 valence electrons. The summed E-state index contributed by atoms with van der Waals surface area (Å²) in [6, 6.07) is 30.0. The third kappa shape index (κ3) is 4.25. The van der Waals surface area contributed by atoms with Crippen molar-refractivity contribution in [2.45, 2.75) is 11.8 Å². The van der Waals surface area contributed by atoms with Gasteiger partial charge in [0.15, 0.2) is 17.5 Å². The van der Waals surface area contributed by atoms with E-state index in [-0.39, 0.29) is 16.2 Å². The summed E-state index contributed by atoms with van der Waals surface area (Å²) >= 11 is 0. The standard InChI is InChI=1S/C30H21FN4O2S/c1-20-12-14-25(15-13-20)38(36,37)35-17-16-23-18-24(19-26(31)27(23)35)30-33-28(21-8-4-2-5-9-21)32-29(34-30)22-10-6-3-7-11-22/h2-19H,1H3. The minimum atomic E-state index is -3.99. The predicted octanol–water partition coefficient (Wildman–Crippen LogP) is 6.51. The van der Waals surface area contributed by atoms with Crippen LogP contribution < -0.4 is 0 Å². The molecule has 0 spiro atoms. The zero-order valence-electron chi connectivity index (χ0n) is 20.3. The summed E-state index contributed by atoms with van der Waals surface area (Å²) in [6.07, 6.45) is 1.37. The van der Waals surface area contributed by atoms with Gasteiger partial charge in [0.25, 0.3) is 10.0 Å². The van der Waals surface area contributed by atoms with E-state index in [1.165, 1.54) is 24.4 Å². The van der Waals surface area contributed by atoms with Crippen LogP contribution in [0.5, 0.6) is 0 Å². The Morgan fingerprint density at radius 1 is 0.658 bits per heavy atom. The molecule has 0 N–H and O–H groups in total. The second kappa shape index (κ2) is 9.32. The fourth-order valence-corrected chi connectivity index (χ4v) is 5.65. The number of aromatic nitrogens is 4. The Morgan fingerprint density at radius 3 is 1.74 bits per heavy atom. The van der Waals surface area contributed by atoms with Gasteiger partial charge in [-0.15, -0.1) is 0 Å². The lowest BCUT2D eigenvalue weighted by atomic mass is 10.1. The highest BCUT2D eigenvalue weighted by Crippen LogP contribution is 2.31. The van der Waals surface area contributed by atoms with Crippen LogP contribution >= 0.6 is 0 Å². The van der Waals surface area contributed by atoms with E-state index >= 15 is 4.39 Å². The average molecular weight is 521 g/mol. The number of aryl methyl sites for hydroxylation is 1. The summed E-state index contributed by atoms with van der Waals surface area (Å²) in [5.74, 6) is 0.498. The summed E-state index contributed by atoms with van der Waals surface area (Å²) in [7, 11) is -3.99. The zero-order chi connectivity index (χ0) is 26.3. The van der Waals surface area contributed by atoms with Gasteiger partial charge in [0.1, 0.15) is 5.82 Å². The van der Waals surface area contributed by atoms with E-state index in [4.69, 9.17) is 0 Å². The molecule has 0 saturated carbocycles. The Labute approximate surface area is 219 Å². The Balaban J connectivity index is 1.51. The van der Waals surface area contributed by atoms with Crippen molar-refractivity contribution in [3.63, 3.8) is 0 Å². The lowest BCUT2D eigenvalue weighted by Crippen LogP contribution is -2.12. The van der Waals surface area contributed by atoms with Crippen molar-refractivity contribution < 1.29 is 12.8 Å². The van der Waals surface area contributed by atoms with Gasteiger partial charge in [-0.2, -0.15) is 0 Å². The Morgan fingerprint density at radius 2 is 1.18 bits per heavy atom. The maximum atomic E-state index is 15.6. The van der Waals surface area contributed by atoms with Gasteiger partial charge in [-0.05, 0) is 37.3 Å². The first-order valence-corrected chi connectivity index (χ1v) is 13.3. The van der Waals surface area contributed by atoms with Crippen LogP contribution in [0.3, 0.4) is 0 Å². The third-order valence-corrected chi connectivity index (χ3v) is 7.93. The Kier molecular flexibility index (Phi) is 5.81. The highest BCUT2D eigenvalue weighted by molar-refractivity contribution is 7.90. The summed E-state index contributed by atoms with van der Waals surface area (Å²) in [5.41, 5.74) is 2.90. The van der Waals surface area contributed by atoms with Crippen molar-refractivity contribution in [1.82, 2.24) is 18.9 Å². The first kappa shape index (κ1) is 23.7. The molecule has 0 fully saturated rings. The van der Waals surface area contributed by atoms with Gasteiger partial charge >= 0.3 is 0 Å². The number of benzene rings is 4. The lowest BCUT2D eigenvalue weighted by molar-refractivity contribution is 0.586. The summed E-state index contributed by atoms with van der Waals surface area (Å²) in [4.78, 5) is 14.0. The van der Waals surface area contributed by atoms with E-state index < -0.39 is 15.8 Å². The molecule has 0 aliphatic carbocycles. The topological polar surface area (TPSA) is 77.7 Å². The average Bonchev–Trinajstić information content (AvgIpc) is 3.40. The van der Waals surface area contributed by atoms with Crippen LogP contribution in [0.2, 0.25) is 0 Å². The molecular weight excluding hydrogens is 499 g/mol. The van der Waals surface area contributed by atoms with Gasteiger partial charge in [-0.1, -0.05) is 78.4 Å². The van der Waals surface area contributed by atoms with Gasteiger partial charge in [0.05, 0.1) is 10.4 Å². The molecule has 0 bridgehead atoms. The maximum Gasteiger partial charge on any atom is 0.268 e. The second-order valence-electron chi connectivity index (χ2n) is 8.86. The summed E-state index contributed by atoms with van der Waals surface area (Å²) < 4.78 is 43.2. The van der Waals surface area contributed by atoms with Gasteiger partial charge in [-0.25, -0.2) is 31.7 Å². The molecule has 2 aromatic heterocycles. The molecule has 6 nitrogen and oxygen atoms in total. The van der Waals surface area contributed by atoms with Crippen LogP contribution in [0.15, 0.2) is 114 Å². The minimum absolute atomic E-state index is 0.0325. The number of rotatable bonds is 5. The van der Waals surface area contributed by atoms with E-state index in [1.807, 2.05) is 67.6 Å². The van der Waals surface area contributed by atoms with E-state index in [2.05, 4.69) is 15.0 Å². The van der Waals surface area contributed by atoms with Gasteiger partial charge in [0, 0.05) is 28.3 Å². The smallest absolute Gasteiger partial charge is 0.238 e. The van der Waals surface area contributed by atoms with Crippen LogP contribution in [-0.2, 0) is 10.0 Å². The molecule has 0 atom stereocenters. The number of halogens is 1. The monoisotopic (exact) mass is 520 g/mol. The number of nitrogens with zero attached hydrogens (tertiary/aromatic N) is 4. The predicted molar refractivity (Wildman–Crippen MR) is 145 cm³/mol. The Bertz CT molecular complexity index is 1830. The fourth-order valence-electron chi connectivity index (χ4n) is 4.29. The molecular formula is C30H21FN4O2S. The molecule has 0 amide bonds. The number of hydrogen-bond acceptors (Lipinski definition) is 5. The minimum Gasteiger partial charge on any atom is -0.238 e. The molecule has 0 radical (unpaired) electrons. The molecule has 0 aliphatic rings. The number of fused-ring (bicyclic) bond motifs is 1. The van der Waals surface area contributed by atoms with E-state index in [1.54, 1.807) is 24.3 Å². The Hall–Kier alpha value is -4.69. The zero-order valence-corrected chi connectivity index (χ0v) is 21.1. The van der Waals surface area contributed by atoms with Crippen LogP contribution in [0.4, 0.5) is 4.39 Å². The molecule has 6 aromatic rings. The molecule has 38 heavy (non-hydrogen) atoms. The van der Waals surface area contributed by atoms with E-state index in [0.29, 0.717) is 22.6 Å². The van der Waals surface area contributed by atoms with Crippen molar-refractivity contribution in [2.24, 2.45) is 0 Å². The lowest BCUT2D eigenvalue weighted by Gasteiger charge is -2.11. The first-order chi connectivity index (χ1) is 18.4. The van der Waals surface area contributed by atoms with E-state index in [9.17, 15) is 8.42 Å². The van der Waals surface area contributed by atoms with E-state index in [0.717, 1.165) is 20.7 Å². The fraction of sp³-hybridized carbons (Fsp3) is 0.0333. The summed E-state index contributed by atoms with van der Waals surface area (Å²) in [5, 5.41) is 0.415. The van der Waals surface area contributed by atoms with Crippen LogP contribution in [0.25, 0.3) is 45.1 Å². The van der Waals surface area contributed by atoms with Crippen molar-refractivity contribution in [2.75, 3.05) is 0 Å². The molecule has 4 aromatic carbocycles. The molecule has 0 saturated heterocycles. The highest BCUT2D eigenvalue weighted by atomic mass is 32.2. The van der Waals surface area contributed by atoms with Crippen molar-refractivity contribution in [1.29, 1.82) is 0 Å². The highest BCUT2D eigenvalue weighted by Gasteiger charge is 2.22. The quantitative estimate of drug-likeness (QED) is 0.259. The van der Waals surface area contributed by atoms with Crippen molar-refractivity contribution in [3.8, 4) is 34.2 Å². The largest absolute Gasteiger partial charge is 0.268 e. The van der Waals surface area contributed by atoms with Gasteiger partial charge in [0.2, 0.25) is 0 Å². The third-order valence-electron chi connectivity index (χ3n) is 6.24. The molecule has 2 heterocycles. The maximum absolute atomic E-state index is 15.6. The first-order valence-electron chi connectivity index (χ1n) is 11.9. The molecule has 6 rings (SSSR count). The van der Waals surface area contributed by atoms with Crippen molar-refractivity contribution >= 4 is 20.9 Å². The van der Waals surface area contributed by atoms with Gasteiger partial charge in [-0.3, -0.25) is 0 Å².